The van der Waals surface area contributed by atoms with Gasteiger partial charge in [-0.2, -0.15) is 0 Å². The van der Waals surface area contributed by atoms with Gasteiger partial charge in [0.05, 0.1) is 6.54 Å². The highest BCUT2D eigenvalue weighted by Gasteiger charge is 2.23. The highest BCUT2D eigenvalue weighted by Crippen LogP contribution is 2.24. The number of para-hydroxylation sites is 1. The van der Waals surface area contributed by atoms with Gasteiger partial charge < -0.3 is 9.88 Å². The Labute approximate surface area is 196 Å². The van der Waals surface area contributed by atoms with Crippen molar-refractivity contribution < 1.29 is 9.18 Å². The van der Waals surface area contributed by atoms with Gasteiger partial charge in [0.1, 0.15) is 5.82 Å². The number of hydrogen-bond acceptors (Lipinski definition) is 2. The average molecular weight is 450 g/mol. The minimum Gasteiger partial charge on any atom is -0.356 e. The zero-order chi connectivity index (χ0) is 23.2. The number of fused-ring (bicyclic) bond motifs is 1. The molecular weight excluding hydrogens is 413 g/mol. The molecule has 2 heterocycles. The van der Waals surface area contributed by atoms with Gasteiger partial charge in [-0.25, -0.2) is 4.39 Å². The summed E-state index contributed by atoms with van der Waals surface area (Å²) in [6.45, 7) is 6.89. The third kappa shape index (κ3) is 5.83. The fraction of sp³-hybridized carbons (Fsp3) is 0.464. The number of nitrogens with one attached hydrogen (secondary N) is 1. The Bertz CT molecular complexity index is 1070. The van der Waals surface area contributed by atoms with E-state index in [-0.39, 0.29) is 11.7 Å². The first-order valence-corrected chi connectivity index (χ1v) is 12.4. The van der Waals surface area contributed by atoms with E-state index in [2.05, 4.69) is 47.0 Å². The average Bonchev–Trinajstić information content (AvgIpc) is 3.16. The Kier molecular flexibility index (Phi) is 7.81. The maximum atomic E-state index is 14.2. The summed E-state index contributed by atoms with van der Waals surface area (Å²) in [4.78, 5) is 15.1. The number of carbonyl (C=O) groups is 1. The van der Waals surface area contributed by atoms with Crippen molar-refractivity contribution in [2.75, 3.05) is 13.1 Å². The minimum atomic E-state index is -0.190. The fourth-order valence-electron chi connectivity index (χ4n) is 5.20. The summed E-state index contributed by atoms with van der Waals surface area (Å²) in [6.07, 6.45) is 8.08. The lowest BCUT2D eigenvalue weighted by Crippen LogP contribution is -2.44. The van der Waals surface area contributed by atoms with Crippen LogP contribution in [0.3, 0.4) is 0 Å². The third-order valence-corrected chi connectivity index (χ3v) is 7.08. The number of likely N-dealkylation sites (tertiary alicyclic amines) is 1. The number of piperidine rings is 1. The monoisotopic (exact) mass is 449 g/mol. The van der Waals surface area contributed by atoms with Crippen LogP contribution < -0.4 is 5.32 Å². The number of nitrogens with zero attached hydrogens (tertiary/aromatic N) is 2. The van der Waals surface area contributed by atoms with Gasteiger partial charge in [-0.1, -0.05) is 42.8 Å². The SMILES string of the molecule is C[C@@H]1CCC[C@@H](C)N1CCCNC(=O)CCc1cn(Cc2ccccc2F)c2ccccc12. The van der Waals surface area contributed by atoms with Gasteiger partial charge in [0.25, 0.3) is 0 Å². The molecule has 1 aliphatic heterocycles. The molecule has 1 aliphatic rings. The van der Waals surface area contributed by atoms with E-state index in [9.17, 15) is 9.18 Å². The number of rotatable bonds is 9. The molecule has 1 aromatic heterocycles. The van der Waals surface area contributed by atoms with E-state index < -0.39 is 0 Å². The summed E-state index contributed by atoms with van der Waals surface area (Å²) in [7, 11) is 0. The summed E-state index contributed by atoms with van der Waals surface area (Å²) < 4.78 is 16.3. The van der Waals surface area contributed by atoms with Gasteiger partial charge in [0, 0.05) is 54.3 Å². The molecule has 5 heteroatoms. The van der Waals surface area contributed by atoms with Crippen LogP contribution in [0.4, 0.5) is 4.39 Å². The normalized spacial score (nSPS) is 19.1. The molecule has 0 spiro atoms. The van der Waals surface area contributed by atoms with E-state index in [0.717, 1.165) is 36.0 Å². The zero-order valence-corrected chi connectivity index (χ0v) is 19.9. The van der Waals surface area contributed by atoms with Gasteiger partial charge in [-0.3, -0.25) is 9.69 Å². The van der Waals surface area contributed by atoms with Crippen molar-refractivity contribution in [3.63, 3.8) is 0 Å². The second-order valence-electron chi connectivity index (χ2n) is 9.46. The van der Waals surface area contributed by atoms with Gasteiger partial charge in [0.15, 0.2) is 0 Å². The van der Waals surface area contributed by atoms with Gasteiger partial charge in [0.2, 0.25) is 5.91 Å². The number of amides is 1. The van der Waals surface area contributed by atoms with E-state index >= 15 is 0 Å². The predicted octanol–water partition coefficient (Wildman–Crippen LogP) is 5.53. The maximum Gasteiger partial charge on any atom is 0.220 e. The van der Waals surface area contributed by atoms with Crippen LogP contribution in [0.25, 0.3) is 10.9 Å². The first-order chi connectivity index (χ1) is 16.0. The lowest BCUT2D eigenvalue weighted by molar-refractivity contribution is -0.121. The summed E-state index contributed by atoms with van der Waals surface area (Å²) in [5.74, 6) is -0.0924. The standard InChI is InChI=1S/C28H36FN3O/c1-21-9-7-10-22(2)32(21)18-8-17-30-28(33)16-15-23-19-31(27-14-6-4-12-25(23)27)20-24-11-3-5-13-26(24)29/h3-6,11-14,19,21-22H,7-10,15-18,20H2,1-2H3,(H,30,33)/t21-,22-/m1/s1. The largest absolute Gasteiger partial charge is 0.356 e. The summed E-state index contributed by atoms with van der Waals surface area (Å²) in [5, 5.41) is 4.24. The van der Waals surface area contributed by atoms with Crippen LogP contribution in [0.15, 0.2) is 54.7 Å². The number of halogens is 1. The van der Waals surface area contributed by atoms with E-state index in [4.69, 9.17) is 0 Å². The fourth-order valence-corrected chi connectivity index (χ4v) is 5.20. The molecule has 33 heavy (non-hydrogen) atoms. The molecule has 0 saturated carbocycles. The highest BCUT2D eigenvalue weighted by molar-refractivity contribution is 5.85. The molecule has 1 fully saturated rings. The Balaban J connectivity index is 1.31. The second-order valence-corrected chi connectivity index (χ2v) is 9.46. The van der Waals surface area contributed by atoms with Crippen molar-refractivity contribution >= 4 is 16.8 Å². The van der Waals surface area contributed by atoms with Gasteiger partial charge in [-0.15, -0.1) is 0 Å². The first kappa shape index (κ1) is 23.5. The van der Waals surface area contributed by atoms with Crippen LogP contribution >= 0.6 is 0 Å². The van der Waals surface area contributed by atoms with Crippen molar-refractivity contribution in [2.24, 2.45) is 0 Å². The van der Waals surface area contributed by atoms with Crippen LogP contribution in [-0.4, -0.2) is 40.5 Å². The van der Waals surface area contributed by atoms with Crippen LogP contribution in [-0.2, 0) is 17.8 Å². The molecule has 0 aliphatic carbocycles. The molecule has 2 aromatic carbocycles. The van der Waals surface area contributed by atoms with Gasteiger partial charge in [-0.05, 0) is 57.2 Å². The van der Waals surface area contributed by atoms with Crippen molar-refractivity contribution in [1.82, 2.24) is 14.8 Å². The molecular formula is C28H36FN3O. The molecule has 176 valence electrons. The minimum absolute atomic E-state index is 0.0978. The Hall–Kier alpha value is -2.66. The summed E-state index contributed by atoms with van der Waals surface area (Å²) in [5.41, 5.74) is 2.87. The molecule has 4 rings (SSSR count). The molecule has 1 saturated heterocycles. The van der Waals surface area contributed by atoms with E-state index in [0.29, 0.717) is 37.0 Å². The second kappa shape index (κ2) is 11.0. The van der Waals surface area contributed by atoms with Gasteiger partial charge >= 0.3 is 0 Å². The molecule has 1 amide bonds. The molecule has 1 N–H and O–H groups in total. The quantitative estimate of drug-likeness (QED) is 0.436. The highest BCUT2D eigenvalue weighted by atomic mass is 19.1. The van der Waals surface area contributed by atoms with E-state index in [1.165, 1.54) is 25.3 Å². The van der Waals surface area contributed by atoms with Crippen molar-refractivity contribution in [1.29, 1.82) is 0 Å². The Morgan fingerprint density at radius 1 is 1.03 bits per heavy atom. The maximum absolute atomic E-state index is 14.2. The number of hydrogen-bond donors (Lipinski definition) is 1. The van der Waals surface area contributed by atoms with Crippen LogP contribution in [0.1, 0.15) is 57.1 Å². The molecule has 0 radical (unpaired) electrons. The number of carbonyl (C=O) groups excluding carboxylic acids is 1. The summed E-state index contributed by atoms with van der Waals surface area (Å²) >= 11 is 0. The Morgan fingerprint density at radius 2 is 1.76 bits per heavy atom. The van der Waals surface area contributed by atoms with Crippen LogP contribution in [0, 0.1) is 5.82 Å². The molecule has 0 unspecified atom stereocenters. The number of aromatic nitrogens is 1. The molecule has 2 atom stereocenters. The smallest absolute Gasteiger partial charge is 0.220 e. The van der Waals surface area contributed by atoms with Crippen molar-refractivity contribution in [3.05, 3.63) is 71.7 Å². The van der Waals surface area contributed by atoms with E-state index in [1.54, 1.807) is 6.07 Å². The lowest BCUT2D eigenvalue weighted by Gasteiger charge is -2.39. The Morgan fingerprint density at radius 3 is 2.55 bits per heavy atom. The van der Waals surface area contributed by atoms with Crippen molar-refractivity contribution in [2.45, 2.75) is 71.0 Å². The van der Waals surface area contributed by atoms with Crippen LogP contribution in [0.2, 0.25) is 0 Å². The predicted molar refractivity (Wildman–Crippen MR) is 133 cm³/mol. The third-order valence-electron chi connectivity index (χ3n) is 7.08. The van der Waals surface area contributed by atoms with Crippen molar-refractivity contribution in [3.8, 4) is 0 Å². The number of aryl methyl sites for hydroxylation is 1. The molecule has 4 nitrogen and oxygen atoms in total. The molecule has 0 bridgehead atoms. The number of benzene rings is 2. The lowest BCUT2D eigenvalue weighted by atomic mass is 9.97. The summed E-state index contributed by atoms with van der Waals surface area (Å²) in [6, 6.07) is 16.3. The zero-order valence-electron chi connectivity index (χ0n) is 19.9. The molecule has 3 aromatic rings. The topological polar surface area (TPSA) is 37.3 Å². The van der Waals surface area contributed by atoms with E-state index in [1.807, 2.05) is 24.3 Å². The van der Waals surface area contributed by atoms with Crippen LogP contribution in [0.5, 0.6) is 0 Å². The first-order valence-electron chi connectivity index (χ1n) is 12.4.